The fourth-order valence-corrected chi connectivity index (χ4v) is 3.98. The molecule has 2 N–H and O–H groups in total. The molecule has 0 saturated carbocycles. The Morgan fingerprint density at radius 3 is 2.45 bits per heavy atom. The van der Waals surface area contributed by atoms with E-state index in [-0.39, 0.29) is 5.91 Å². The fourth-order valence-electron chi connectivity index (χ4n) is 3.98. The van der Waals surface area contributed by atoms with Gasteiger partial charge in [-0.25, -0.2) is 0 Å². The third-order valence-corrected chi connectivity index (χ3v) is 5.54. The van der Waals surface area contributed by atoms with Gasteiger partial charge in [0, 0.05) is 29.9 Å². The standard InChI is InChI=1S/C25H26N4O2/c26-25(31)22-13-7-8-16-29(22)23(30)15-14-21-18-28(17-19-9-3-1-4-10-19)27-24(21)20-11-5-2-6-12-20/h1-6,9-12,14-15,18,22H,7-8,13,16-17H2,(H2,26,31)/b15-14+. The van der Waals surface area contributed by atoms with Crippen molar-refractivity contribution in [3.63, 3.8) is 0 Å². The third-order valence-electron chi connectivity index (χ3n) is 5.54. The van der Waals surface area contributed by atoms with Crippen molar-refractivity contribution in [1.29, 1.82) is 0 Å². The van der Waals surface area contributed by atoms with Crippen molar-refractivity contribution in [3.05, 3.63) is 84.1 Å². The summed E-state index contributed by atoms with van der Waals surface area (Å²) in [6, 6.07) is 19.5. The summed E-state index contributed by atoms with van der Waals surface area (Å²) in [6.45, 7) is 1.19. The lowest BCUT2D eigenvalue weighted by atomic mass is 10.0. The lowest BCUT2D eigenvalue weighted by Gasteiger charge is -2.32. The summed E-state index contributed by atoms with van der Waals surface area (Å²) in [4.78, 5) is 26.2. The Kier molecular flexibility index (Phi) is 6.26. The summed E-state index contributed by atoms with van der Waals surface area (Å²) in [5.41, 5.74) is 9.30. The van der Waals surface area contributed by atoms with Crippen LogP contribution < -0.4 is 5.73 Å². The quantitative estimate of drug-likeness (QED) is 0.627. The largest absolute Gasteiger partial charge is 0.368 e. The minimum atomic E-state index is -0.528. The van der Waals surface area contributed by atoms with Crippen LogP contribution in [-0.4, -0.2) is 39.1 Å². The second kappa shape index (κ2) is 9.43. The van der Waals surface area contributed by atoms with Crippen molar-refractivity contribution in [2.45, 2.75) is 31.8 Å². The molecule has 0 aliphatic carbocycles. The lowest BCUT2D eigenvalue weighted by Crippen LogP contribution is -2.49. The summed E-state index contributed by atoms with van der Waals surface area (Å²) in [5, 5.41) is 4.78. The van der Waals surface area contributed by atoms with E-state index in [1.807, 2.05) is 59.4 Å². The molecule has 0 bridgehead atoms. The first kappa shape index (κ1) is 20.6. The maximum absolute atomic E-state index is 12.8. The molecule has 1 aliphatic rings. The van der Waals surface area contributed by atoms with E-state index >= 15 is 0 Å². The molecule has 4 rings (SSSR count). The number of hydrogen-bond acceptors (Lipinski definition) is 3. The molecule has 2 heterocycles. The number of benzene rings is 2. The normalized spacial score (nSPS) is 16.5. The molecule has 2 amide bonds. The van der Waals surface area contributed by atoms with Crippen LogP contribution in [0.1, 0.15) is 30.4 Å². The number of amides is 2. The van der Waals surface area contributed by atoms with E-state index in [0.717, 1.165) is 35.2 Å². The molecular weight excluding hydrogens is 388 g/mol. The molecular formula is C25H26N4O2. The number of hydrogen-bond donors (Lipinski definition) is 1. The predicted molar refractivity (Wildman–Crippen MR) is 121 cm³/mol. The van der Waals surface area contributed by atoms with Gasteiger partial charge in [0.1, 0.15) is 6.04 Å². The average Bonchev–Trinajstić information content (AvgIpc) is 3.21. The highest BCUT2D eigenvalue weighted by atomic mass is 16.2. The van der Waals surface area contributed by atoms with Gasteiger partial charge in [0.05, 0.1) is 12.2 Å². The Morgan fingerprint density at radius 2 is 1.74 bits per heavy atom. The van der Waals surface area contributed by atoms with Crippen LogP contribution in [0.2, 0.25) is 0 Å². The van der Waals surface area contributed by atoms with E-state index in [9.17, 15) is 9.59 Å². The number of nitrogens with zero attached hydrogens (tertiary/aromatic N) is 3. The molecule has 2 aromatic carbocycles. The van der Waals surface area contributed by atoms with Gasteiger partial charge in [0.15, 0.2) is 0 Å². The Labute approximate surface area is 182 Å². The van der Waals surface area contributed by atoms with E-state index < -0.39 is 11.9 Å². The summed E-state index contributed by atoms with van der Waals surface area (Å²) in [5.74, 6) is -0.638. The molecule has 1 aromatic heterocycles. The van der Waals surface area contributed by atoms with Gasteiger partial charge in [-0.1, -0.05) is 60.7 Å². The molecule has 1 atom stereocenters. The Bertz CT molecular complexity index is 1070. The maximum Gasteiger partial charge on any atom is 0.247 e. The van der Waals surface area contributed by atoms with Crippen LogP contribution in [0.3, 0.4) is 0 Å². The number of likely N-dealkylation sites (tertiary alicyclic amines) is 1. The first-order valence-corrected chi connectivity index (χ1v) is 10.6. The van der Waals surface area contributed by atoms with Gasteiger partial charge < -0.3 is 10.6 Å². The number of primary amides is 1. The van der Waals surface area contributed by atoms with Gasteiger partial charge >= 0.3 is 0 Å². The molecule has 0 spiro atoms. The molecule has 158 valence electrons. The lowest BCUT2D eigenvalue weighted by molar-refractivity contribution is -0.137. The molecule has 0 radical (unpaired) electrons. The second-order valence-corrected chi connectivity index (χ2v) is 7.76. The molecule has 3 aromatic rings. The van der Waals surface area contributed by atoms with E-state index in [1.54, 1.807) is 11.0 Å². The van der Waals surface area contributed by atoms with Crippen LogP contribution in [-0.2, 0) is 16.1 Å². The minimum Gasteiger partial charge on any atom is -0.368 e. The number of nitrogens with two attached hydrogens (primary N) is 1. The number of carbonyl (C=O) groups excluding carboxylic acids is 2. The topological polar surface area (TPSA) is 81.2 Å². The fraction of sp³-hybridized carbons (Fsp3) is 0.240. The van der Waals surface area contributed by atoms with Crippen LogP contribution in [0.5, 0.6) is 0 Å². The zero-order chi connectivity index (χ0) is 21.6. The maximum atomic E-state index is 12.8. The first-order chi connectivity index (χ1) is 15.1. The second-order valence-electron chi connectivity index (χ2n) is 7.76. The Hall–Kier alpha value is -3.67. The highest BCUT2D eigenvalue weighted by Crippen LogP contribution is 2.24. The van der Waals surface area contributed by atoms with E-state index in [4.69, 9.17) is 10.8 Å². The van der Waals surface area contributed by atoms with Gasteiger partial charge in [0.25, 0.3) is 0 Å². The number of rotatable bonds is 6. The first-order valence-electron chi connectivity index (χ1n) is 10.6. The van der Waals surface area contributed by atoms with E-state index in [0.29, 0.717) is 19.5 Å². The van der Waals surface area contributed by atoms with Crippen molar-refractivity contribution in [1.82, 2.24) is 14.7 Å². The smallest absolute Gasteiger partial charge is 0.247 e. The minimum absolute atomic E-state index is 0.196. The summed E-state index contributed by atoms with van der Waals surface area (Å²) in [6.07, 6.45) is 7.67. The van der Waals surface area contributed by atoms with Crippen molar-refractivity contribution >= 4 is 17.9 Å². The van der Waals surface area contributed by atoms with Crippen LogP contribution >= 0.6 is 0 Å². The van der Waals surface area contributed by atoms with Gasteiger partial charge in [-0.3, -0.25) is 14.3 Å². The highest BCUT2D eigenvalue weighted by molar-refractivity contribution is 5.96. The molecule has 31 heavy (non-hydrogen) atoms. The zero-order valence-corrected chi connectivity index (χ0v) is 17.4. The summed E-state index contributed by atoms with van der Waals surface area (Å²) in [7, 11) is 0. The molecule has 1 saturated heterocycles. The molecule has 1 unspecified atom stereocenters. The molecule has 6 nitrogen and oxygen atoms in total. The summed E-state index contributed by atoms with van der Waals surface area (Å²) < 4.78 is 1.88. The van der Waals surface area contributed by atoms with Crippen molar-refractivity contribution in [2.75, 3.05) is 6.54 Å². The van der Waals surface area contributed by atoms with Crippen LogP contribution in [0.4, 0.5) is 0 Å². The Morgan fingerprint density at radius 1 is 1.03 bits per heavy atom. The van der Waals surface area contributed by atoms with E-state index in [1.165, 1.54) is 6.08 Å². The third kappa shape index (κ3) is 4.91. The van der Waals surface area contributed by atoms with Crippen molar-refractivity contribution in [3.8, 4) is 11.3 Å². The number of aromatic nitrogens is 2. The zero-order valence-electron chi connectivity index (χ0n) is 17.4. The van der Waals surface area contributed by atoms with E-state index in [2.05, 4.69) is 12.1 Å². The number of carbonyl (C=O) groups is 2. The molecule has 6 heteroatoms. The van der Waals surface area contributed by atoms with Crippen LogP contribution in [0.15, 0.2) is 72.9 Å². The van der Waals surface area contributed by atoms with Crippen molar-refractivity contribution in [2.24, 2.45) is 5.73 Å². The SMILES string of the molecule is NC(=O)C1CCCCN1C(=O)/C=C/c1cn(Cc2ccccc2)nc1-c1ccccc1. The average molecular weight is 415 g/mol. The van der Waals surface area contributed by atoms with Gasteiger partial charge in [-0.05, 0) is 30.9 Å². The van der Waals surface area contributed by atoms with Crippen LogP contribution in [0.25, 0.3) is 17.3 Å². The highest BCUT2D eigenvalue weighted by Gasteiger charge is 2.29. The van der Waals surface area contributed by atoms with Gasteiger partial charge in [0.2, 0.25) is 11.8 Å². The number of piperidine rings is 1. The molecule has 1 fully saturated rings. The predicted octanol–water partition coefficient (Wildman–Crippen LogP) is 3.48. The van der Waals surface area contributed by atoms with Crippen LogP contribution in [0, 0.1) is 0 Å². The van der Waals surface area contributed by atoms with Gasteiger partial charge in [-0.15, -0.1) is 0 Å². The Balaban J connectivity index is 1.61. The molecule has 1 aliphatic heterocycles. The van der Waals surface area contributed by atoms with Crippen molar-refractivity contribution < 1.29 is 9.59 Å². The monoisotopic (exact) mass is 414 g/mol. The summed E-state index contributed by atoms with van der Waals surface area (Å²) >= 11 is 0. The van der Waals surface area contributed by atoms with Gasteiger partial charge in [-0.2, -0.15) is 5.10 Å².